The van der Waals surface area contributed by atoms with Crippen molar-refractivity contribution in [3.05, 3.63) is 60.0 Å². The second-order valence-electron chi connectivity index (χ2n) is 7.87. The number of hydrogen-bond acceptors (Lipinski definition) is 7. The largest absolute Gasteiger partial charge is 0.516 e. The number of carbonyl (C=O) groups excluding carboxylic acids is 1. The molecule has 1 aromatic heterocycles. The van der Waals surface area contributed by atoms with Crippen molar-refractivity contribution >= 4 is 27.3 Å². The molecule has 4 rings (SSSR count). The maximum absolute atomic E-state index is 13.0. The molecule has 0 unspecified atom stereocenters. The molecule has 0 aliphatic carbocycles. The molecule has 9 nitrogen and oxygen atoms in total. The average molecular weight is 549 g/mol. The Bertz CT molecular complexity index is 1400. The van der Waals surface area contributed by atoms with Crippen molar-refractivity contribution in [2.75, 3.05) is 35.8 Å². The van der Waals surface area contributed by atoms with Crippen LogP contribution in [-0.4, -0.2) is 61.1 Å². The normalized spacial score (nSPS) is 15.1. The predicted octanol–water partition coefficient (Wildman–Crippen LogP) is 3.98. The molecule has 1 aliphatic rings. The Balaban J connectivity index is 1.42. The van der Waals surface area contributed by atoms with Crippen LogP contribution in [0.25, 0.3) is 11.5 Å². The minimum atomic E-state index is -5.64. The van der Waals surface area contributed by atoms with Gasteiger partial charge in [-0.1, -0.05) is 12.1 Å². The molecular weight excluding hydrogens is 532 g/mol. The lowest BCUT2D eigenvalue weighted by molar-refractivity contribution is -0.137. The second kappa shape index (κ2) is 9.57. The molecule has 0 saturated carbocycles. The van der Waals surface area contributed by atoms with Gasteiger partial charge in [0.25, 0.3) is 0 Å². The topological polar surface area (TPSA) is 109 Å². The number of anilines is 2. The highest BCUT2D eigenvalue weighted by Crippen LogP contribution is 2.32. The molecule has 1 N–H and O–H groups in total. The highest BCUT2D eigenvalue weighted by molar-refractivity contribution is 7.93. The minimum absolute atomic E-state index is 0.0586. The Hall–Kier alpha value is -3.82. The van der Waals surface area contributed by atoms with E-state index >= 15 is 0 Å². The SMILES string of the molecule is O=C(c1nnc(-c2cccc(NS(=O)(=O)C(F)(F)F)c2)o1)N1CCN(c2cccc(C(F)(F)F)c2)CC1. The van der Waals surface area contributed by atoms with E-state index in [0.717, 1.165) is 24.3 Å². The van der Waals surface area contributed by atoms with Crippen molar-refractivity contribution < 1.29 is 44.0 Å². The predicted molar refractivity (Wildman–Crippen MR) is 118 cm³/mol. The van der Waals surface area contributed by atoms with E-state index in [9.17, 15) is 39.6 Å². The van der Waals surface area contributed by atoms with Crippen LogP contribution in [-0.2, 0) is 16.2 Å². The summed E-state index contributed by atoms with van der Waals surface area (Å²) in [5.74, 6) is -1.29. The minimum Gasteiger partial charge on any atom is -0.412 e. The molecule has 0 radical (unpaired) electrons. The van der Waals surface area contributed by atoms with Crippen LogP contribution < -0.4 is 9.62 Å². The van der Waals surface area contributed by atoms with E-state index in [2.05, 4.69) is 10.2 Å². The van der Waals surface area contributed by atoms with Crippen molar-refractivity contribution in [1.29, 1.82) is 0 Å². The Kier molecular flexibility index (Phi) is 6.79. The first-order valence-electron chi connectivity index (χ1n) is 10.5. The van der Waals surface area contributed by atoms with Gasteiger partial charge in [0.2, 0.25) is 5.89 Å². The van der Waals surface area contributed by atoms with Crippen LogP contribution in [0.5, 0.6) is 0 Å². The van der Waals surface area contributed by atoms with Crippen molar-refractivity contribution in [2.24, 2.45) is 0 Å². The molecule has 198 valence electrons. The van der Waals surface area contributed by atoms with Crippen LogP contribution in [0.3, 0.4) is 0 Å². The van der Waals surface area contributed by atoms with E-state index in [1.807, 2.05) is 0 Å². The van der Waals surface area contributed by atoms with E-state index in [1.165, 1.54) is 27.8 Å². The molecule has 2 heterocycles. The van der Waals surface area contributed by atoms with Gasteiger partial charge in [-0.2, -0.15) is 34.8 Å². The first-order valence-corrected chi connectivity index (χ1v) is 12.0. The third-order valence-corrected chi connectivity index (χ3v) is 6.49. The number of benzene rings is 2. The van der Waals surface area contributed by atoms with E-state index in [1.54, 1.807) is 11.0 Å². The highest BCUT2D eigenvalue weighted by Gasteiger charge is 2.46. The van der Waals surface area contributed by atoms with Gasteiger partial charge in [0, 0.05) is 43.1 Å². The number of amides is 1. The molecule has 37 heavy (non-hydrogen) atoms. The number of halogens is 6. The summed E-state index contributed by atoms with van der Waals surface area (Å²) < 4.78 is 106. The zero-order valence-electron chi connectivity index (χ0n) is 18.5. The molecule has 3 aromatic rings. The summed E-state index contributed by atoms with van der Waals surface area (Å²) >= 11 is 0. The zero-order chi connectivity index (χ0) is 27.0. The molecule has 1 saturated heterocycles. The number of carbonyl (C=O) groups is 1. The van der Waals surface area contributed by atoms with E-state index in [4.69, 9.17) is 4.42 Å². The fourth-order valence-corrected chi connectivity index (χ4v) is 4.09. The van der Waals surface area contributed by atoms with Gasteiger partial charge in [0.05, 0.1) is 5.56 Å². The fourth-order valence-electron chi connectivity index (χ4n) is 3.54. The third kappa shape index (κ3) is 5.79. The molecule has 1 amide bonds. The van der Waals surface area contributed by atoms with Crippen molar-refractivity contribution in [2.45, 2.75) is 11.7 Å². The smallest absolute Gasteiger partial charge is 0.412 e. The number of rotatable bonds is 5. The lowest BCUT2D eigenvalue weighted by Crippen LogP contribution is -2.49. The van der Waals surface area contributed by atoms with Gasteiger partial charge >= 0.3 is 33.5 Å². The molecule has 0 atom stereocenters. The zero-order valence-corrected chi connectivity index (χ0v) is 19.4. The van der Waals surface area contributed by atoms with Gasteiger partial charge in [-0.15, -0.1) is 10.2 Å². The maximum atomic E-state index is 13.0. The highest BCUT2D eigenvalue weighted by atomic mass is 32.2. The Morgan fingerprint density at radius 2 is 1.59 bits per heavy atom. The Morgan fingerprint density at radius 3 is 2.24 bits per heavy atom. The van der Waals surface area contributed by atoms with Crippen LogP contribution in [0, 0.1) is 0 Å². The maximum Gasteiger partial charge on any atom is 0.516 e. The summed E-state index contributed by atoms with van der Waals surface area (Å²) in [5.41, 5.74) is -6.28. The van der Waals surface area contributed by atoms with Crippen LogP contribution in [0.15, 0.2) is 52.9 Å². The summed E-state index contributed by atoms with van der Waals surface area (Å²) in [5, 5.41) is 7.37. The molecule has 16 heteroatoms. The van der Waals surface area contributed by atoms with Gasteiger partial charge in [-0.25, -0.2) is 0 Å². The van der Waals surface area contributed by atoms with E-state index in [0.29, 0.717) is 5.69 Å². The molecule has 0 bridgehead atoms. The quantitative estimate of drug-likeness (QED) is 0.480. The van der Waals surface area contributed by atoms with Crippen molar-refractivity contribution in [1.82, 2.24) is 15.1 Å². The first kappa shape index (κ1) is 26.2. The molecule has 1 fully saturated rings. The lowest BCUT2D eigenvalue weighted by Gasteiger charge is -2.35. The van der Waals surface area contributed by atoms with E-state index in [-0.39, 0.29) is 37.6 Å². The number of nitrogens with one attached hydrogen (secondary N) is 1. The van der Waals surface area contributed by atoms with Gasteiger partial charge in [-0.05, 0) is 36.4 Å². The van der Waals surface area contributed by atoms with Gasteiger partial charge in [-0.3, -0.25) is 9.52 Å². The van der Waals surface area contributed by atoms with Crippen LogP contribution in [0.4, 0.5) is 37.7 Å². The summed E-state index contributed by atoms with van der Waals surface area (Å²) in [4.78, 5) is 15.9. The van der Waals surface area contributed by atoms with Crippen LogP contribution in [0.1, 0.15) is 16.2 Å². The van der Waals surface area contributed by atoms with Crippen LogP contribution in [0.2, 0.25) is 0 Å². The van der Waals surface area contributed by atoms with Crippen molar-refractivity contribution in [3.8, 4) is 11.5 Å². The molecule has 1 aliphatic heterocycles. The monoisotopic (exact) mass is 549 g/mol. The summed E-state index contributed by atoms with van der Waals surface area (Å²) in [6, 6.07) is 9.57. The van der Waals surface area contributed by atoms with Crippen molar-refractivity contribution in [3.63, 3.8) is 0 Å². The van der Waals surface area contributed by atoms with Gasteiger partial charge in [0.15, 0.2) is 0 Å². The number of hydrogen-bond donors (Lipinski definition) is 1. The number of alkyl halides is 6. The summed E-state index contributed by atoms with van der Waals surface area (Å²) in [6.07, 6.45) is -4.48. The second-order valence-corrected chi connectivity index (χ2v) is 9.55. The number of piperazine rings is 1. The number of aromatic nitrogens is 2. The summed E-state index contributed by atoms with van der Waals surface area (Å²) in [7, 11) is -5.64. The molecular formula is C21H17F6N5O4S. The van der Waals surface area contributed by atoms with Gasteiger partial charge < -0.3 is 14.2 Å². The number of sulfonamides is 1. The van der Waals surface area contributed by atoms with Crippen LogP contribution >= 0.6 is 0 Å². The molecule has 0 spiro atoms. The van der Waals surface area contributed by atoms with E-state index < -0.39 is 44.8 Å². The Labute approximate surface area is 205 Å². The third-order valence-electron chi connectivity index (χ3n) is 5.38. The van der Waals surface area contributed by atoms with Gasteiger partial charge in [0.1, 0.15) is 0 Å². The first-order chi connectivity index (χ1) is 17.2. The number of nitrogens with zero attached hydrogens (tertiary/aromatic N) is 4. The Morgan fingerprint density at radius 1 is 0.919 bits per heavy atom. The average Bonchev–Trinajstić information content (AvgIpc) is 3.33. The standard InChI is InChI=1S/C21H17F6N5O4S/c22-20(23,24)14-4-2-6-16(12-14)31-7-9-32(10-8-31)19(33)18-29-28-17(36-18)13-3-1-5-15(11-13)30-37(34,35)21(25,26)27/h1-6,11-12,30H,7-10H2. The summed E-state index contributed by atoms with van der Waals surface area (Å²) in [6.45, 7) is 0.799. The lowest BCUT2D eigenvalue weighted by atomic mass is 10.1. The fraction of sp³-hybridized carbons (Fsp3) is 0.286. The molecule has 2 aromatic carbocycles.